The summed E-state index contributed by atoms with van der Waals surface area (Å²) in [6, 6.07) is 24.0. The molecule has 0 bridgehead atoms. The largest absolute Gasteiger partial charge is 0.489 e. The molecule has 0 saturated carbocycles. The minimum absolute atomic E-state index is 0.466. The van der Waals surface area contributed by atoms with E-state index in [1.807, 2.05) is 84.9 Å². The van der Waals surface area contributed by atoms with Gasteiger partial charge in [0, 0.05) is 8.96 Å². The minimum atomic E-state index is 0.466. The van der Waals surface area contributed by atoms with Crippen LogP contribution in [0.1, 0.15) is 17.0 Å². The summed E-state index contributed by atoms with van der Waals surface area (Å²) in [7, 11) is 0. The summed E-state index contributed by atoms with van der Waals surface area (Å²) in [6.07, 6.45) is 3.83. The van der Waals surface area contributed by atoms with Crippen LogP contribution >= 0.6 is 34.2 Å². The molecule has 0 saturated heterocycles. The van der Waals surface area contributed by atoms with E-state index < -0.39 is 0 Å². The van der Waals surface area contributed by atoms with Gasteiger partial charge >= 0.3 is 0 Å². The van der Waals surface area contributed by atoms with Crippen molar-refractivity contribution >= 4 is 57.2 Å². The van der Waals surface area contributed by atoms with E-state index in [9.17, 15) is 0 Å². The first-order valence-corrected chi connectivity index (χ1v) is 10.2. The molecule has 1 aromatic heterocycles. The van der Waals surface area contributed by atoms with Crippen molar-refractivity contribution in [2.24, 2.45) is 0 Å². The van der Waals surface area contributed by atoms with Gasteiger partial charge in [-0.15, -0.1) is 0 Å². The maximum absolute atomic E-state index is 6.32. The van der Waals surface area contributed by atoms with Crippen LogP contribution in [0.4, 0.5) is 0 Å². The molecule has 4 aromatic rings. The van der Waals surface area contributed by atoms with Gasteiger partial charge in [-0.25, -0.2) is 9.97 Å². The third-order valence-corrected chi connectivity index (χ3v) is 5.14. The number of aromatic nitrogens is 2. The van der Waals surface area contributed by atoms with Gasteiger partial charge in [0.25, 0.3) is 0 Å². The average Bonchev–Trinajstić information content (AvgIpc) is 2.73. The van der Waals surface area contributed by atoms with E-state index in [0.717, 1.165) is 31.3 Å². The number of hydrogen-bond acceptors (Lipinski definition) is 3. The molecule has 3 aromatic carbocycles. The number of halogens is 2. The highest BCUT2D eigenvalue weighted by Gasteiger charge is 2.05. The van der Waals surface area contributed by atoms with Crippen LogP contribution in [-0.2, 0) is 6.61 Å². The summed E-state index contributed by atoms with van der Waals surface area (Å²) in [5, 5.41) is 1.33. The van der Waals surface area contributed by atoms with Crippen LogP contribution in [0.2, 0.25) is 5.15 Å². The third-order valence-electron chi connectivity index (χ3n) is 4.18. The maximum Gasteiger partial charge on any atom is 0.154 e. The summed E-state index contributed by atoms with van der Waals surface area (Å²) in [4.78, 5) is 8.94. The van der Waals surface area contributed by atoms with Crippen LogP contribution in [-0.4, -0.2) is 9.97 Å². The lowest BCUT2D eigenvalue weighted by atomic mass is 10.2. The predicted octanol–water partition coefficient (Wildman–Crippen LogP) is 6.64. The van der Waals surface area contributed by atoms with E-state index in [2.05, 4.69) is 32.6 Å². The molecular formula is C23H16ClIN2O. The van der Waals surface area contributed by atoms with Gasteiger partial charge in [-0.2, -0.15) is 0 Å². The molecule has 0 aliphatic rings. The van der Waals surface area contributed by atoms with E-state index in [1.54, 1.807) is 0 Å². The van der Waals surface area contributed by atoms with Crippen molar-refractivity contribution in [3.05, 3.63) is 98.5 Å². The fourth-order valence-electron chi connectivity index (χ4n) is 2.74. The van der Waals surface area contributed by atoms with E-state index >= 15 is 0 Å². The monoisotopic (exact) mass is 498 g/mol. The Balaban J connectivity index is 1.46. The third kappa shape index (κ3) is 4.69. The van der Waals surface area contributed by atoms with Gasteiger partial charge in [0.2, 0.25) is 0 Å². The van der Waals surface area contributed by atoms with Crippen molar-refractivity contribution in [1.29, 1.82) is 0 Å². The molecule has 3 nitrogen and oxygen atoms in total. The average molecular weight is 499 g/mol. The topological polar surface area (TPSA) is 35.0 Å². The lowest BCUT2D eigenvalue weighted by Crippen LogP contribution is -1.94. The SMILES string of the molecule is Clc1nc(/C=C/c2ccc(OCc3ccccc3)cc2)nc2ccc(I)cc12. The lowest BCUT2D eigenvalue weighted by Gasteiger charge is -2.06. The number of rotatable bonds is 5. The zero-order chi connectivity index (χ0) is 19.3. The summed E-state index contributed by atoms with van der Waals surface area (Å²) in [5.74, 6) is 1.42. The van der Waals surface area contributed by atoms with Crippen LogP contribution in [0.15, 0.2) is 72.8 Å². The van der Waals surface area contributed by atoms with E-state index in [4.69, 9.17) is 16.3 Å². The van der Waals surface area contributed by atoms with Crippen LogP contribution in [0.5, 0.6) is 5.75 Å². The van der Waals surface area contributed by atoms with E-state index in [1.165, 1.54) is 0 Å². The Bertz CT molecular complexity index is 1130. The number of nitrogens with zero attached hydrogens (tertiary/aromatic N) is 2. The molecule has 0 aliphatic carbocycles. The van der Waals surface area contributed by atoms with Crippen LogP contribution < -0.4 is 4.74 Å². The standard InChI is InChI=1S/C23H16ClIN2O/c24-23-20-14-18(25)9-12-21(20)26-22(27-23)13-8-16-6-10-19(11-7-16)28-15-17-4-2-1-3-5-17/h1-14H,15H2/b13-8+. The quantitative estimate of drug-likeness (QED) is 0.229. The fraction of sp³-hybridized carbons (Fsp3) is 0.0435. The second kappa shape index (κ2) is 8.71. The first-order chi connectivity index (χ1) is 13.7. The van der Waals surface area contributed by atoms with Crippen molar-refractivity contribution in [2.75, 3.05) is 0 Å². The highest BCUT2D eigenvalue weighted by atomic mass is 127. The van der Waals surface area contributed by atoms with Crippen molar-refractivity contribution in [2.45, 2.75) is 6.61 Å². The highest BCUT2D eigenvalue weighted by molar-refractivity contribution is 14.1. The van der Waals surface area contributed by atoms with Gasteiger partial charge in [0.1, 0.15) is 17.5 Å². The van der Waals surface area contributed by atoms with Gasteiger partial charge in [-0.1, -0.05) is 60.1 Å². The van der Waals surface area contributed by atoms with Crippen molar-refractivity contribution in [3.63, 3.8) is 0 Å². The molecule has 0 radical (unpaired) electrons. The summed E-state index contributed by atoms with van der Waals surface area (Å²) >= 11 is 8.57. The molecular weight excluding hydrogens is 483 g/mol. The van der Waals surface area contributed by atoms with E-state index in [-0.39, 0.29) is 0 Å². The van der Waals surface area contributed by atoms with Gasteiger partial charge in [0.05, 0.1) is 5.52 Å². The van der Waals surface area contributed by atoms with Gasteiger partial charge in [-0.3, -0.25) is 0 Å². The molecule has 0 unspecified atom stereocenters. The normalized spacial score (nSPS) is 11.2. The number of hydrogen-bond donors (Lipinski definition) is 0. The fourth-order valence-corrected chi connectivity index (χ4v) is 3.47. The molecule has 0 aliphatic heterocycles. The molecule has 4 rings (SSSR count). The Morgan fingerprint density at radius 1 is 0.893 bits per heavy atom. The first-order valence-electron chi connectivity index (χ1n) is 8.75. The maximum atomic E-state index is 6.32. The summed E-state index contributed by atoms with van der Waals surface area (Å²) in [5.41, 5.74) is 3.02. The van der Waals surface area contributed by atoms with Gasteiger partial charge < -0.3 is 4.74 Å². The Labute approximate surface area is 182 Å². The molecule has 0 amide bonds. The number of ether oxygens (including phenoxy) is 1. The second-order valence-electron chi connectivity index (χ2n) is 6.21. The predicted molar refractivity (Wildman–Crippen MR) is 123 cm³/mol. The smallest absolute Gasteiger partial charge is 0.154 e. The van der Waals surface area contributed by atoms with Crippen molar-refractivity contribution in [1.82, 2.24) is 9.97 Å². The molecule has 138 valence electrons. The molecule has 5 heteroatoms. The highest BCUT2D eigenvalue weighted by Crippen LogP contribution is 2.23. The van der Waals surface area contributed by atoms with Crippen LogP contribution in [0.3, 0.4) is 0 Å². The molecule has 0 fully saturated rings. The molecule has 1 heterocycles. The van der Waals surface area contributed by atoms with E-state index in [0.29, 0.717) is 17.6 Å². The Kier molecular flexibility index (Phi) is 5.88. The van der Waals surface area contributed by atoms with Gasteiger partial charge in [-0.05, 0) is 70.1 Å². The van der Waals surface area contributed by atoms with Crippen molar-refractivity contribution < 1.29 is 4.74 Å². The van der Waals surface area contributed by atoms with Crippen LogP contribution in [0.25, 0.3) is 23.1 Å². The zero-order valence-corrected chi connectivity index (χ0v) is 17.8. The zero-order valence-electron chi connectivity index (χ0n) is 14.8. The molecule has 28 heavy (non-hydrogen) atoms. The second-order valence-corrected chi connectivity index (χ2v) is 7.81. The summed E-state index contributed by atoms with van der Waals surface area (Å²) in [6.45, 7) is 0.554. The van der Waals surface area contributed by atoms with Gasteiger partial charge in [0.15, 0.2) is 5.82 Å². The van der Waals surface area contributed by atoms with Crippen LogP contribution in [0, 0.1) is 3.57 Å². The lowest BCUT2D eigenvalue weighted by molar-refractivity contribution is 0.306. The Morgan fingerprint density at radius 2 is 1.68 bits per heavy atom. The molecule has 0 atom stereocenters. The van der Waals surface area contributed by atoms with Crippen molar-refractivity contribution in [3.8, 4) is 5.75 Å². The Morgan fingerprint density at radius 3 is 2.46 bits per heavy atom. The summed E-state index contributed by atoms with van der Waals surface area (Å²) < 4.78 is 6.92. The first kappa shape index (κ1) is 18.9. The Hall–Kier alpha value is -2.44. The molecule has 0 N–H and O–H groups in total. The minimum Gasteiger partial charge on any atom is -0.489 e. The molecule has 0 spiro atoms. The number of fused-ring (bicyclic) bond motifs is 1. The number of benzene rings is 3.